The summed E-state index contributed by atoms with van der Waals surface area (Å²) >= 11 is 0. The van der Waals surface area contributed by atoms with Gasteiger partial charge in [0.25, 0.3) is 0 Å². The zero-order valence-corrected chi connectivity index (χ0v) is 23.1. The van der Waals surface area contributed by atoms with Crippen LogP contribution in [0, 0.1) is 12.8 Å². The normalized spacial score (nSPS) is 14.4. The number of nitrogens with zero attached hydrogens (tertiary/aromatic N) is 3. The lowest BCUT2D eigenvalue weighted by molar-refractivity contribution is -0.137. The molecule has 0 radical (unpaired) electrons. The summed E-state index contributed by atoms with van der Waals surface area (Å²) in [5.74, 6) is 1.41. The van der Waals surface area contributed by atoms with Crippen LogP contribution in [0.3, 0.4) is 0 Å². The van der Waals surface area contributed by atoms with Gasteiger partial charge in [0.1, 0.15) is 5.82 Å². The fourth-order valence-corrected chi connectivity index (χ4v) is 5.53. The average molecular weight is 542 g/mol. The summed E-state index contributed by atoms with van der Waals surface area (Å²) in [6, 6.07) is 13.8. The Bertz CT molecular complexity index is 1270. The molecule has 1 saturated carbocycles. The van der Waals surface area contributed by atoms with Gasteiger partial charge in [-0.3, -0.25) is 4.90 Å². The van der Waals surface area contributed by atoms with E-state index in [1.54, 1.807) is 19.9 Å². The van der Waals surface area contributed by atoms with E-state index in [-0.39, 0.29) is 19.7 Å². The maximum Gasteiger partial charge on any atom is 0.416 e. The number of alkyl halides is 3. The number of rotatable bonds is 9. The maximum absolute atomic E-state index is 13.5. The molecule has 8 heteroatoms. The number of halogens is 3. The van der Waals surface area contributed by atoms with Crippen LogP contribution in [0.2, 0.25) is 0 Å². The van der Waals surface area contributed by atoms with E-state index in [9.17, 15) is 18.0 Å². The number of aromatic nitrogens is 1. The highest BCUT2D eigenvalue weighted by atomic mass is 19.4. The molecule has 2 aromatic carbocycles. The number of amides is 1. The third-order valence-corrected chi connectivity index (χ3v) is 7.39. The van der Waals surface area contributed by atoms with Gasteiger partial charge in [0.2, 0.25) is 0 Å². The molecule has 1 aliphatic carbocycles. The van der Waals surface area contributed by atoms with E-state index in [1.807, 2.05) is 30.3 Å². The zero-order chi connectivity index (χ0) is 28.0. The number of hydrogen-bond donors (Lipinski definition) is 0. The zero-order valence-electron chi connectivity index (χ0n) is 23.1. The third-order valence-electron chi connectivity index (χ3n) is 7.39. The molecule has 1 aromatic heterocycles. The molecule has 0 atom stereocenters. The van der Waals surface area contributed by atoms with Crippen molar-refractivity contribution in [2.75, 3.05) is 24.6 Å². The van der Waals surface area contributed by atoms with Crippen molar-refractivity contribution in [2.45, 2.75) is 72.1 Å². The third kappa shape index (κ3) is 7.43. The molecular weight excluding hydrogens is 503 g/mol. The van der Waals surface area contributed by atoms with Gasteiger partial charge in [0.05, 0.1) is 24.2 Å². The van der Waals surface area contributed by atoms with Crippen LogP contribution >= 0.6 is 0 Å². The van der Waals surface area contributed by atoms with Crippen molar-refractivity contribution < 1.29 is 22.7 Å². The number of hydrogen-bond acceptors (Lipinski definition) is 4. The van der Waals surface area contributed by atoms with E-state index in [2.05, 4.69) is 11.8 Å². The molecule has 4 rings (SSSR count). The van der Waals surface area contributed by atoms with E-state index in [0.29, 0.717) is 17.0 Å². The van der Waals surface area contributed by atoms with Gasteiger partial charge in [-0.1, -0.05) is 49.1 Å². The highest BCUT2D eigenvalue weighted by Crippen LogP contribution is 2.32. The number of fused-ring (bicyclic) bond motifs is 1. The van der Waals surface area contributed by atoms with Crippen LogP contribution in [0.4, 0.5) is 23.8 Å². The van der Waals surface area contributed by atoms with E-state index in [0.717, 1.165) is 47.5 Å². The van der Waals surface area contributed by atoms with E-state index in [1.165, 1.54) is 37.0 Å². The highest BCUT2D eigenvalue weighted by Gasteiger charge is 2.31. The second kappa shape index (κ2) is 12.7. The molecule has 1 amide bonds. The van der Waals surface area contributed by atoms with Crippen LogP contribution in [0.25, 0.3) is 10.9 Å². The molecule has 0 aliphatic heterocycles. The van der Waals surface area contributed by atoms with Gasteiger partial charge in [-0.15, -0.1) is 0 Å². The van der Waals surface area contributed by atoms with Gasteiger partial charge in [0.15, 0.2) is 0 Å². The summed E-state index contributed by atoms with van der Waals surface area (Å²) in [6.45, 7) is 7.44. The van der Waals surface area contributed by atoms with Crippen LogP contribution in [-0.2, 0) is 24.0 Å². The van der Waals surface area contributed by atoms with Gasteiger partial charge >= 0.3 is 12.3 Å². The summed E-state index contributed by atoms with van der Waals surface area (Å²) in [5, 5.41) is 0.948. The number of ether oxygens (including phenoxy) is 1. The molecule has 3 aromatic rings. The Morgan fingerprint density at radius 3 is 2.46 bits per heavy atom. The topological polar surface area (TPSA) is 45.7 Å². The highest BCUT2D eigenvalue weighted by molar-refractivity contribution is 5.82. The largest absolute Gasteiger partial charge is 0.450 e. The minimum Gasteiger partial charge on any atom is -0.450 e. The molecular formula is C31H38F3N3O2. The first-order valence-corrected chi connectivity index (χ1v) is 13.9. The monoisotopic (exact) mass is 541 g/mol. The molecule has 210 valence electrons. The Morgan fingerprint density at radius 1 is 1.03 bits per heavy atom. The maximum atomic E-state index is 13.5. The van der Waals surface area contributed by atoms with E-state index >= 15 is 0 Å². The van der Waals surface area contributed by atoms with Gasteiger partial charge < -0.3 is 9.64 Å². The van der Waals surface area contributed by atoms with Crippen molar-refractivity contribution in [3.8, 4) is 0 Å². The molecule has 0 spiro atoms. The van der Waals surface area contributed by atoms with Gasteiger partial charge in [0, 0.05) is 30.6 Å². The standard InChI is InChI=1S/C31H38F3N3O2/c1-4-36(19-23-11-7-6-8-12-23)29-26(18-25-13-9-10-14-28(25)35-29)21-37(30(38)39-5-2)20-24-15-22(3)16-27(17-24)31(32,33)34/h9-10,13-18,23H,4-8,11-12,19-21H2,1-3H3. The van der Waals surface area contributed by atoms with Crippen molar-refractivity contribution in [3.05, 3.63) is 70.8 Å². The van der Waals surface area contributed by atoms with Gasteiger partial charge in [-0.2, -0.15) is 13.2 Å². The number of pyridine rings is 1. The summed E-state index contributed by atoms with van der Waals surface area (Å²) in [6.07, 6.45) is 1.13. The molecule has 0 saturated heterocycles. The fraction of sp³-hybridized carbons (Fsp3) is 0.484. The van der Waals surface area contributed by atoms with Crippen molar-refractivity contribution in [3.63, 3.8) is 0 Å². The van der Waals surface area contributed by atoms with Crippen LogP contribution in [0.15, 0.2) is 48.5 Å². The molecule has 1 aliphatic rings. The lowest BCUT2D eigenvalue weighted by atomic mass is 9.89. The molecule has 1 fully saturated rings. The van der Waals surface area contributed by atoms with Crippen LogP contribution in [0.5, 0.6) is 0 Å². The fourth-order valence-electron chi connectivity index (χ4n) is 5.53. The Balaban J connectivity index is 1.71. The summed E-state index contributed by atoms with van der Waals surface area (Å²) in [4.78, 5) is 21.9. The van der Waals surface area contributed by atoms with Gasteiger partial charge in [-0.05, 0) is 69.4 Å². The smallest absolute Gasteiger partial charge is 0.416 e. The van der Waals surface area contributed by atoms with E-state index < -0.39 is 17.8 Å². The lowest BCUT2D eigenvalue weighted by Crippen LogP contribution is -2.34. The number of benzene rings is 2. The number of aryl methyl sites for hydroxylation is 1. The van der Waals surface area contributed by atoms with Crippen molar-refractivity contribution in [1.29, 1.82) is 0 Å². The van der Waals surface area contributed by atoms with Crippen LogP contribution < -0.4 is 4.90 Å². The van der Waals surface area contributed by atoms with Crippen LogP contribution in [0.1, 0.15) is 68.2 Å². The molecule has 0 bridgehead atoms. The number of para-hydroxylation sites is 1. The summed E-state index contributed by atoms with van der Waals surface area (Å²) in [7, 11) is 0. The molecule has 0 N–H and O–H groups in total. The Hall–Kier alpha value is -3.29. The molecule has 0 unspecified atom stereocenters. The second-order valence-electron chi connectivity index (χ2n) is 10.5. The molecule has 39 heavy (non-hydrogen) atoms. The first-order valence-electron chi connectivity index (χ1n) is 13.9. The van der Waals surface area contributed by atoms with Crippen molar-refractivity contribution in [2.24, 2.45) is 5.92 Å². The molecule has 1 heterocycles. The van der Waals surface area contributed by atoms with Crippen LogP contribution in [-0.4, -0.2) is 35.7 Å². The summed E-state index contributed by atoms with van der Waals surface area (Å²) in [5.41, 5.74) is 1.89. The SMILES string of the molecule is CCOC(=O)N(Cc1cc(C)cc(C(F)(F)F)c1)Cc1cc2ccccc2nc1N(CC)CC1CCCCC1. The predicted molar refractivity (Wildman–Crippen MR) is 149 cm³/mol. The van der Waals surface area contributed by atoms with Gasteiger partial charge in [-0.25, -0.2) is 9.78 Å². The minimum absolute atomic E-state index is 0.00932. The summed E-state index contributed by atoms with van der Waals surface area (Å²) < 4.78 is 45.9. The number of anilines is 1. The number of carbonyl (C=O) groups excluding carboxylic acids is 1. The lowest BCUT2D eigenvalue weighted by Gasteiger charge is -2.32. The van der Waals surface area contributed by atoms with Crippen molar-refractivity contribution in [1.82, 2.24) is 9.88 Å². The minimum atomic E-state index is -4.47. The average Bonchev–Trinajstić information content (AvgIpc) is 2.91. The Morgan fingerprint density at radius 2 is 1.77 bits per heavy atom. The van der Waals surface area contributed by atoms with E-state index in [4.69, 9.17) is 9.72 Å². The Labute approximate surface area is 229 Å². The second-order valence-corrected chi connectivity index (χ2v) is 10.5. The quantitative estimate of drug-likeness (QED) is 0.274. The predicted octanol–water partition coefficient (Wildman–Crippen LogP) is 8.13. The Kier molecular flexibility index (Phi) is 9.36. The van der Waals surface area contributed by atoms with Crippen molar-refractivity contribution >= 4 is 22.8 Å². The first-order chi connectivity index (χ1) is 18.7. The molecule has 5 nitrogen and oxygen atoms in total. The first kappa shape index (κ1) is 28.7. The number of carbonyl (C=O) groups is 1.